The molecule has 2 N–H and O–H groups in total. The summed E-state index contributed by atoms with van der Waals surface area (Å²) < 4.78 is 13.4. The van der Waals surface area contributed by atoms with Crippen LogP contribution in [0.4, 0.5) is 0 Å². The number of methoxy groups -OCH3 is 1. The van der Waals surface area contributed by atoms with E-state index in [-0.39, 0.29) is 11.5 Å². The summed E-state index contributed by atoms with van der Waals surface area (Å²) in [7, 11) is 1.64. The molecule has 5 rings (SSSR count). The number of aromatic carboxylic acids is 1. The number of hydrogen-bond acceptors (Lipinski definition) is 5. The first-order valence-corrected chi connectivity index (χ1v) is 17.5. The van der Waals surface area contributed by atoms with Gasteiger partial charge in [-0.1, -0.05) is 72.9 Å². The predicted octanol–water partition coefficient (Wildman–Crippen LogP) is 9.37. The molecule has 0 aliphatic rings. The van der Waals surface area contributed by atoms with Gasteiger partial charge in [-0.15, -0.1) is 0 Å². The average molecular weight is 715 g/mol. The molecule has 260 valence electrons. The van der Waals surface area contributed by atoms with E-state index in [4.69, 9.17) is 42.8 Å². The van der Waals surface area contributed by atoms with Gasteiger partial charge in [-0.2, -0.15) is 0 Å². The van der Waals surface area contributed by atoms with Crippen LogP contribution in [0.1, 0.15) is 71.5 Å². The third-order valence-electron chi connectivity index (χ3n) is 8.41. The van der Waals surface area contributed by atoms with E-state index in [2.05, 4.69) is 16.8 Å². The number of carbonyl (C=O) groups is 2. The molecule has 0 aliphatic heterocycles. The lowest BCUT2D eigenvalue weighted by molar-refractivity contribution is -0.122. The minimum absolute atomic E-state index is 0.0477. The molecule has 1 amide bonds. The number of nitrogens with one attached hydrogen (secondary N) is 1. The first-order valence-electron chi connectivity index (χ1n) is 16.7. The first-order chi connectivity index (χ1) is 24.2. The maximum absolute atomic E-state index is 13.5. The number of rotatable bonds is 17. The molecule has 50 heavy (non-hydrogen) atoms. The van der Waals surface area contributed by atoms with Crippen molar-refractivity contribution >= 4 is 35.1 Å². The van der Waals surface area contributed by atoms with E-state index in [0.717, 1.165) is 65.3 Å². The Kier molecular flexibility index (Phi) is 12.9. The summed E-state index contributed by atoms with van der Waals surface area (Å²) in [5.41, 5.74) is 4.74. The zero-order valence-corrected chi connectivity index (χ0v) is 29.7. The molecule has 5 aromatic rings. The highest BCUT2D eigenvalue weighted by Crippen LogP contribution is 2.32. The van der Waals surface area contributed by atoms with E-state index in [0.29, 0.717) is 41.7 Å². The number of aryl methyl sites for hydroxylation is 2. The summed E-state index contributed by atoms with van der Waals surface area (Å²) in [5.74, 6) is 1.23. The Hall–Kier alpha value is -4.79. The van der Waals surface area contributed by atoms with Crippen molar-refractivity contribution in [2.75, 3.05) is 7.11 Å². The number of nitrogens with zero attached hydrogens (tertiary/aromatic N) is 2. The number of aromatic nitrogens is 2. The van der Waals surface area contributed by atoms with Gasteiger partial charge in [-0.05, 0) is 97.0 Å². The van der Waals surface area contributed by atoms with Crippen molar-refractivity contribution in [3.05, 3.63) is 135 Å². The van der Waals surface area contributed by atoms with E-state index in [1.807, 2.05) is 60.8 Å². The zero-order valence-electron chi connectivity index (χ0n) is 28.2. The Morgan fingerprint density at radius 2 is 1.56 bits per heavy atom. The fraction of sp³-hybridized carbons (Fsp3) is 0.275. The SMILES string of the molecule is CCCCn1cc(-c2ccc(Cl)cc2Cl)nc1[C@H](Cc1ccc(OCc2ccc(C(=O)O)cc2)cc1)NC(=O)CCCc1ccc(OC)cc1. The van der Waals surface area contributed by atoms with Gasteiger partial charge in [0.15, 0.2) is 0 Å². The summed E-state index contributed by atoms with van der Waals surface area (Å²) in [6, 6.07) is 27.3. The minimum atomic E-state index is -0.964. The van der Waals surface area contributed by atoms with Crippen molar-refractivity contribution in [3.63, 3.8) is 0 Å². The highest BCUT2D eigenvalue weighted by Gasteiger charge is 2.23. The van der Waals surface area contributed by atoms with Gasteiger partial charge in [0, 0.05) is 29.7 Å². The van der Waals surface area contributed by atoms with Gasteiger partial charge in [0.05, 0.1) is 29.4 Å². The van der Waals surface area contributed by atoms with Gasteiger partial charge in [0.1, 0.15) is 23.9 Å². The summed E-state index contributed by atoms with van der Waals surface area (Å²) in [6.07, 6.45) is 6.31. The lowest BCUT2D eigenvalue weighted by Gasteiger charge is -2.20. The van der Waals surface area contributed by atoms with Crippen molar-refractivity contribution in [3.8, 4) is 22.8 Å². The molecule has 0 spiro atoms. The second-order valence-electron chi connectivity index (χ2n) is 12.1. The lowest BCUT2D eigenvalue weighted by atomic mass is 10.0. The standard InChI is InChI=1S/C40H41Cl2N3O5/c1-3-4-22-45-25-37(34-21-16-31(41)24-35(34)42)44-39(45)36(43-38(46)7-5-6-27-10-17-32(49-2)18-11-27)23-28-12-19-33(20-13-28)50-26-29-8-14-30(15-9-29)40(47)48/h8-21,24-25,36H,3-7,22-23,26H2,1-2H3,(H,43,46)(H,47,48)/t36-/m0/s1. The van der Waals surface area contributed by atoms with Crippen LogP contribution in [0.2, 0.25) is 10.0 Å². The molecule has 1 atom stereocenters. The number of imidazole rings is 1. The lowest BCUT2D eigenvalue weighted by Crippen LogP contribution is -2.32. The van der Waals surface area contributed by atoms with E-state index >= 15 is 0 Å². The number of benzene rings is 4. The number of carbonyl (C=O) groups excluding carboxylic acids is 1. The maximum Gasteiger partial charge on any atom is 0.335 e. The molecular weight excluding hydrogens is 673 g/mol. The van der Waals surface area contributed by atoms with Crippen LogP contribution in [0.25, 0.3) is 11.3 Å². The van der Waals surface area contributed by atoms with Crippen LogP contribution in [0.5, 0.6) is 11.5 Å². The van der Waals surface area contributed by atoms with Gasteiger partial charge in [0.25, 0.3) is 0 Å². The van der Waals surface area contributed by atoms with Gasteiger partial charge >= 0.3 is 5.97 Å². The number of ether oxygens (including phenoxy) is 2. The number of amides is 1. The van der Waals surface area contributed by atoms with Gasteiger partial charge in [0.2, 0.25) is 5.91 Å². The number of unbranched alkanes of at least 4 members (excludes halogenated alkanes) is 1. The van der Waals surface area contributed by atoms with E-state index < -0.39 is 12.0 Å². The van der Waals surface area contributed by atoms with Crippen LogP contribution >= 0.6 is 23.2 Å². The van der Waals surface area contributed by atoms with E-state index in [9.17, 15) is 9.59 Å². The molecule has 0 fully saturated rings. The molecule has 1 aromatic heterocycles. The van der Waals surface area contributed by atoms with Crippen molar-refractivity contribution in [1.82, 2.24) is 14.9 Å². The van der Waals surface area contributed by atoms with Crippen LogP contribution in [-0.2, 0) is 30.8 Å². The number of carboxylic acid groups (broad SMARTS) is 1. The largest absolute Gasteiger partial charge is 0.497 e. The number of hydrogen-bond donors (Lipinski definition) is 2. The van der Waals surface area contributed by atoms with Gasteiger partial charge < -0.3 is 24.5 Å². The molecule has 0 unspecified atom stereocenters. The first kappa shape index (κ1) is 36.5. The third kappa shape index (κ3) is 10.1. The quantitative estimate of drug-likeness (QED) is 0.0996. The van der Waals surface area contributed by atoms with Crippen molar-refractivity contribution in [2.45, 2.75) is 64.6 Å². The third-order valence-corrected chi connectivity index (χ3v) is 8.96. The van der Waals surface area contributed by atoms with E-state index in [1.165, 1.54) is 0 Å². The summed E-state index contributed by atoms with van der Waals surface area (Å²) in [6.45, 7) is 3.19. The van der Waals surface area contributed by atoms with Crippen molar-refractivity contribution in [1.29, 1.82) is 0 Å². The van der Waals surface area contributed by atoms with Crippen molar-refractivity contribution in [2.24, 2.45) is 0 Å². The molecule has 0 saturated carbocycles. The molecule has 1 heterocycles. The fourth-order valence-corrected chi connectivity index (χ4v) is 6.13. The zero-order chi connectivity index (χ0) is 35.5. The average Bonchev–Trinajstić information content (AvgIpc) is 3.54. The predicted molar refractivity (Wildman–Crippen MR) is 197 cm³/mol. The van der Waals surface area contributed by atoms with Gasteiger partial charge in [-0.3, -0.25) is 4.79 Å². The topological polar surface area (TPSA) is 103 Å². The number of halogens is 2. The molecule has 0 bridgehead atoms. The highest BCUT2D eigenvalue weighted by molar-refractivity contribution is 6.36. The molecule has 0 radical (unpaired) electrons. The molecule has 4 aromatic carbocycles. The Morgan fingerprint density at radius 3 is 2.22 bits per heavy atom. The summed E-state index contributed by atoms with van der Waals surface area (Å²) >= 11 is 12.8. The second-order valence-corrected chi connectivity index (χ2v) is 13.0. The Labute approximate surface area is 303 Å². The molecule has 0 aliphatic carbocycles. The van der Waals surface area contributed by atoms with Crippen LogP contribution in [-0.4, -0.2) is 33.6 Å². The van der Waals surface area contributed by atoms with E-state index in [1.54, 1.807) is 43.5 Å². The number of carboxylic acids is 1. The normalized spacial score (nSPS) is 11.6. The van der Waals surface area contributed by atoms with Crippen LogP contribution < -0.4 is 14.8 Å². The molecule has 10 heteroatoms. The summed E-state index contributed by atoms with van der Waals surface area (Å²) in [5, 5.41) is 13.5. The van der Waals surface area contributed by atoms with Crippen LogP contribution in [0, 0.1) is 0 Å². The maximum atomic E-state index is 13.5. The fourth-order valence-electron chi connectivity index (χ4n) is 5.63. The Balaban J connectivity index is 1.34. The van der Waals surface area contributed by atoms with Crippen LogP contribution in [0.15, 0.2) is 97.2 Å². The monoisotopic (exact) mass is 713 g/mol. The van der Waals surface area contributed by atoms with Crippen LogP contribution in [0.3, 0.4) is 0 Å². The van der Waals surface area contributed by atoms with Gasteiger partial charge in [-0.25, -0.2) is 9.78 Å². The summed E-state index contributed by atoms with van der Waals surface area (Å²) in [4.78, 5) is 29.7. The minimum Gasteiger partial charge on any atom is -0.497 e. The van der Waals surface area contributed by atoms with Crippen molar-refractivity contribution < 1.29 is 24.2 Å². The second kappa shape index (κ2) is 17.7. The smallest absolute Gasteiger partial charge is 0.335 e. The Morgan fingerprint density at radius 1 is 0.880 bits per heavy atom. The Bertz CT molecular complexity index is 1870. The highest BCUT2D eigenvalue weighted by atomic mass is 35.5. The molecule has 0 saturated heterocycles. The molecular formula is C40H41Cl2N3O5. The molecule has 8 nitrogen and oxygen atoms in total.